The van der Waals surface area contributed by atoms with Crippen LogP contribution in [0.25, 0.3) is 0 Å². The van der Waals surface area contributed by atoms with E-state index in [2.05, 4.69) is 48.5 Å². The number of esters is 1. The fourth-order valence-electron chi connectivity index (χ4n) is 12.0. The Hall–Kier alpha value is -0.690. The Kier molecular flexibility index (Phi) is 7.47. The van der Waals surface area contributed by atoms with Crippen LogP contribution in [-0.2, 0) is 19.0 Å². The largest absolute Gasteiger partial charge is 0.462 e. The molecule has 5 aliphatic rings. The quantitative estimate of drug-likeness (QED) is 0.342. The maximum Gasteiger partial charge on any atom is 0.302 e. The molecule has 0 radical (unpaired) electrons. The molecule has 0 spiro atoms. The fourth-order valence-corrected chi connectivity index (χ4v) is 12.0. The lowest BCUT2D eigenvalue weighted by molar-refractivity contribution is -0.250. The summed E-state index contributed by atoms with van der Waals surface area (Å²) in [4.78, 5) is 12.6. The van der Waals surface area contributed by atoms with E-state index in [9.17, 15) is 15.0 Å². The number of hydrogen-bond acceptors (Lipinski definition) is 6. The molecule has 2 N–H and O–H groups in total. The van der Waals surface area contributed by atoms with Crippen molar-refractivity contribution in [1.29, 1.82) is 0 Å². The van der Waals surface area contributed by atoms with Gasteiger partial charge in [0.15, 0.2) is 5.79 Å². The number of carbonyl (C=O) groups excluding carboxylic acids is 1. The van der Waals surface area contributed by atoms with Gasteiger partial charge in [-0.25, -0.2) is 0 Å². The highest BCUT2D eigenvalue weighted by Gasteiger charge is 2.72. The van der Waals surface area contributed by atoms with Crippen molar-refractivity contribution in [2.45, 2.75) is 169 Å². The van der Waals surface area contributed by atoms with Gasteiger partial charge in [-0.1, -0.05) is 34.6 Å². The molecule has 41 heavy (non-hydrogen) atoms. The smallest absolute Gasteiger partial charge is 0.302 e. The lowest BCUT2D eigenvalue weighted by Gasteiger charge is -2.70. The summed E-state index contributed by atoms with van der Waals surface area (Å²) in [7, 11) is 0. The predicted octanol–water partition coefficient (Wildman–Crippen LogP) is 7.04. The second kappa shape index (κ2) is 9.65. The van der Waals surface area contributed by atoms with Crippen LogP contribution in [0, 0.1) is 45.3 Å². The van der Waals surface area contributed by atoms with Crippen LogP contribution >= 0.6 is 0 Å². The normalized spacial score (nSPS) is 49.3. The van der Waals surface area contributed by atoms with Crippen LogP contribution in [0.4, 0.5) is 0 Å². The summed E-state index contributed by atoms with van der Waals surface area (Å²) < 4.78 is 18.7. The molecular weight excluding hydrogens is 516 g/mol. The topological polar surface area (TPSA) is 85.2 Å². The van der Waals surface area contributed by atoms with Gasteiger partial charge in [-0.15, -0.1) is 0 Å². The molecule has 6 nitrogen and oxygen atoms in total. The van der Waals surface area contributed by atoms with Crippen molar-refractivity contribution < 1.29 is 29.2 Å². The zero-order chi connectivity index (χ0) is 30.6. The third kappa shape index (κ3) is 4.75. The number of ether oxygens (including phenoxy) is 3. The van der Waals surface area contributed by atoms with Crippen molar-refractivity contribution in [3.63, 3.8) is 0 Å². The summed E-state index contributed by atoms with van der Waals surface area (Å²) in [6.07, 6.45) is 7.71. The molecule has 3 unspecified atom stereocenters. The number of fused-ring (bicyclic) bond motifs is 5. The molecule has 5 fully saturated rings. The van der Waals surface area contributed by atoms with Gasteiger partial charge in [-0.3, -0.25) is 4.79 Å². The number of hydrogen-bond donors (Lipinski definition) is 2. The summed E-state index contributed by atoms with van der Waals surface area (Å²) >= 11 is 0. The Morgan fingerprint density at radius 3 is 2.15 bits per heavy atom. The summed E-state index contributed by atoms with van der Waals surface area (Å²) in [5.74, 6) is 0.151. The SMILES string of the molecule is CC(=O)OC1C[C@@H]2[C@@]3(C)CCC(O)C(C)(C)[C@@H]3CC[C@@]2(C)[C@]2(C)CC[C@H]([C@@](C)(O)CCC3OC(C)(C)OC3(C)C)[C@@H]12. The molecule has 1 heterocycles. The second-order valence-electron chi connectivity index (χ2n) is 17.5. The van der Waals surface area contributed by atoms with Crippen LogP contribution in [-0.4, -0.2) is 51.5 Å². The lowest BCUT2D eigenvalue weighted by Crippen LogP contribution is -2.67. The van der Waals surface area contributed by atoms with Crippen molar-refractivity contribution >= 4 is 5.97 Å². The van der Waals surface area contributed by atoms with Crippen molar-refractivity contribution in [3.8, 4) is 0 Å². The molecular formula is C35H60O6. The van der Waals surface area contributed by atoms with Gasteiger partial charge in [-0.2, -0.15) is 0 Å². The van der Waals surface area contributed by atoms with Crippen molar-refractivity contribution in [3.05, 3.63) is 0 Å². The molecule has 0 aromatic carbocycles. The molecule has 0 aromatic heterocycles. The minimum Gasteiger partial charge on any atom is -0.462 e. The summed E-state index contributed by atoms with van der Waals surface area (Å²) in [6, 6.07) is 0. The van der Waals surface area contributed by atoms with E-state index in [4.69, 9.17) is 14.2 Å². The highest BCUT2D eigenvalue weighted by molar-refractivity contribution is 5.66. The average molecular weight is 577 g/mol. The predicted molar refractivity (Wildman–Crippen MR) is 160 cm³/mol. The van der Waals surface area contributed by atoms with Crippen molar-refractivity contribution in [2.24, 2.45) is 45.3 Å². The van der Waals surface area contributed by atoms with E-state index < -0.39 is 17.0 Å². The van der Waals surface area contributed by atoms with E-state index >= 15 is 0 Å². The molecule has 6 heteroatoms. The van der Waals surface area contributed by atoms with Gasteiger partial charge in [0.2, 0.25) is 0 Å². The van der Waals surface area contributed by atoms with Gasteiger partial charge in [0.1, 0.15) is 6.10 Å². The van der Waals surface area contributed by atoms with Crippen molar-refractivity contribution in [2.75, 3.05) is 0 Å². The minimum absolute atomic E-state index is 0.0446. The van der Waals surface area contributed by atoms with E-state index in [0.29, 0.717) is 18.3 Å². The Balaban J connectivity index is 1.46. The first-order chi connectivity index (χ1) is 18.6. The number of carbonyl (C=O) groups is 1. The zero-order valence-corrected chi connectivity index (χ0v) is 27.9. The molecule has 0 aromatic rings. The molecule has 236 valence electrons. The van der Waals surface area contributed by atoms with Crippen LogP contribution in [0.3, 0.4) is 0 Å². The summed E-state index contributed by atoms with van der Waals surface area (Å²) in [6.45, 7) is 23.6. The molecule has 5 rings (SSSR count). The Morgan fingerprint density at radius 2 is 1.56 bits per heavy atom. The third-order valence-corrected chi connectivity index (χ3v) is 14.1. The molecule has 0 amide bonds. The van der Waals surface area contributed by atoms with Crippen LogP contribution < -0.4 is 0 Å². The highest BCUT2D eigenvalue weighted by Crippen LogP contribution is 2.76. The van der Waals surface area contributed by atoms with Gasteiger partial charge in [-0.05, 0) is 132 Å². The first-order valence-corrected chi connectivity index (χ1v) is 16.6. The molecule has 4 aliphatic carbocycles. The van der Waals surface area contributed by atoms with Gasteiger partial charge in [0.25, 0.3) is 0 Å². The molecule has 1 aliphatic heterocycles. The molecule has 0 bridgehead atoms. The first kappa shape index (κ1) is 31.7. The lowest BCUT2D eigenvalue weighted by atomic mass is 9.35. The first-order valence-electron chi connectivity index (χ1n) is 16.6. The Labute approximate surface area is 249 Å². The Bertz CT molecular complexity index is 1030. The van der Waals surface area contributed by atoms with Crippen molar-refractivity contribution in [1.82, 2.24) is 0 Å². The number of aliphatic hydroxyl groups is 2. The van der Waals surface area contributed by atoms with E-state index in [0.717, 1.165) is 51.4 Å². The van der Waals surface area contributed by atoms with E-state index in [1.807, 2.05) is 20.8 Å². The summed E-state index contributed by atoms with van der Waals surface area (Å²) in [5, 5.41) is 23.3. The molecule has 4 saturated carbocycles. The average Bonchev–Trinajstić information content (AvgIpc) is 3.30. The van der Waals surface area contributed by atoms with Gasteiger partial charge in [0, 0.05) is 12.8 Å². The van der Waals surface area contributed by atoms with E-state index in [-0.39, 0.29) is 57.8 Å². The number of aliphatic hydroxyl groups excluding tert-OH is 1. The van der Waals surface area contributed by atoms with Crippen LogP contribution in [0.1, 0.15) is 134 Å². The third-order valence-electron chi connectivity index (χ3n) is 14.1. The maximum atomic E-state index is 12.6. The fraction of sp³-hybridized carbons (Fsp3) is 0.971. The highest BCUT2D eigenvalue weighted by atomic mass is 16.8. The van der Waals surface area contributed by atoms with Crippen LogP contribution in [0.5, 0.6) is 0 Å². The second-order valence-corrected chi connectivity index (χ2v) is 17.5. The van der Waals surface area contributed by atoms with Crippen LogP contribution in [0.15, 0.2) is 0 Å². The van der Waals surface area contributed by atoms with E-state index in [1.165, 1.54) is 0 Å². The summed E-state index contributed by atoms with van der Waals surface area (Å²) in [5.41, 5.74) is -1.33. The van der Waals surface area contributed by atoms with Gasteiger partial charge >= 0.3 is 5.97 Å². The van der Waals surface area contributed by atoms with Crippen LogP contribution in [0.2, 0.25) is 0 Å². The van der Waals surface area contributed by atoms with Gasteiger partial charge < -0.3 is 24.4 Å². The molecule has 11 atom stereocenters. The Morgan fingerprint density at radius 1 is 0.927 bits per heavy atom. The minimum atomic E-state index is -0.908. The maximum absolute atomic E-state index is 12.6. The van der Waals surface area contributed by atoms with Gasteiger partial charge in [0.05, 0.1) is 23.4 Å². The number of rotatable bonds is 5. The monoisotopic (exact) mass is 576 g/mol. The van der Waals surface area contributed by atoms with E-state index in [1.54, 1.807) is 6.92 Å². The molecule has 1 saturated heterocycles. The zero-order valence-electron chi connectivity index (χ0n) is 27.9. The standard InChI is InChI=1S/C35H60O6/c1-21(36)39-23-20-25-32(8)16-14-26(37)29(2,3)24(32)13-18-33(25,9)34(10)17-12-22(28(23)34)35(11,38)19-15-27-30(4,5)41-31(6,7)40-27/h22-28,37-38H,12-20H2,1-11H3/t22-,23?,24-,25+,26?,27?,28-,32-,33+,34+,35-/m0/s1.